The van der Waals surface area contributed by atoms with E-state index in [2.05, 4.69) is 58.0 Å². The fourth-order valence-corrected chi connectivity index (χ4v) is 4.25. The maximum Gasteiger partial charge on any atom is 0.162 e. The number of hydrogen-bond acceptors (Lipinski definition) is 4. The van der Waals surface area contributed by atoms with E-state index in [4.69, 9.17) is 4.98 Å². The quantitative estimate of drug-likeness (QED) is 0.549. The zero-order chi connectivity index (χ0) is 19.1. The van der Waals surface area contributed by atoms with Crippen molar-refractivity contribution < 1.29 is 0 Å². The van der Waals surface area contributed by atoms with Crippen molar-refractivity contribution in [2.45, 2.75) is 32.9 Å². The molecule has 1 aliphatic heterocycles. The Kier molecular flexibility index (Phi) is 4.20. The smallest absolute Gasteiger partial charge is 0.162 e. The lowest BCUT2D eigenvalue weighted by Crippen LogP contribution is -2.22. The van der Waals surface area contributed by atoms with Gasteiger partial charge in [0.15, 0.2) is 5.65 Å². The molecule has 0 spiro atoms. The highest BCUT2D eigenvalue weighted by Gasteiger charge is 2.25. The summed E-state index contributed by atoms with van der Waals surface area (Å²) in [4.78, 5) is 7.19. The predicted octanol–water partition coefficient (Wildman–Crippen LogP) is 3.66. The second-order valence-corrected chi connectivity index (χ2v) is 7.70. The Balaban J connectivity index is 1.33. The van der Waals surface area contributed by atoms with E-state index >= 15 is 0 Å². The molecule has 1 aliphatic rings. The molecule has 4 heterocycles. The molecule has 0 N–H and O–H groups in total. The van der Waals surface area contributed by atoms with Gasteiger partial charge in [0.05, 0.1) is 17.9 Å². The summed E-state index contributed by atoms with van der Waals surface area (Å²) in [6, 6.07) is 12.9. The van der Waals surface area contributed by atoms with Gasteiger partial charge < -0.3 is 0 Å². The summed E-state index contributed by atoms with van der Waals surface area (Å²) in [6.45, 7) is 7.19. The first-order valence-corrected chi connectivity index (χ1v) is 9.80. The lowest BCUT2D eigenvalue weighted by Gasteiger charge is -2.17. The van der Waals surface area contributed by atoms with Gasteiger partial charge in [0, 0.05) is 48.8 Å². The molecule has 0 bridgehead atoms. The van der Waals surface area contributed by atoms with E-state index in [9.17, 15) is 0 Å². The number of nitrogens with zero attached hydrogens (tertiary/aromatic N) is 6. The molecule has 1 fully saturated rings. The van der Waals surface area contributed by atoms with E-state index < -0.39 is 0 Å². The van der Waals surface area contributed by atoms with Gasteiger partial charge in [-0.3, -0.25) is 9.58 Å². The normalized spacial score (nSPS) is 17.6. The van der Waals surface area contributed by atoms with Crippen LogP contribution in [0.15, 0.2) is 55.0 Å². The minimum absolute atomic E-state index is 0.458. The van der Waals surface area contributed by atoms with Crippen LogP contribution in [0.3, 0.4) is 0 Å². The van der Waals surface area contributed by atoms with Gasteiger partial charge in [-0.1, -0.05) is 30.3 Å². The molecule has 4 aromatic rings. The lowest BCUT2D eigenvalue weighted by molar-refractivity contribution is 0.309. The Bertz CT molecular complexity index is 1110. The maximum absolute atomic E-state index is 4.71. The molecule has 142 valence electrons. The SMILES string of the molecule is Cc1cc(C)n([C@@H]2CCN(Cc3cnc4c(-c5ccccc5)cnn4c3)C2)n1. The molecule has 0 aliphatic carbocycles. The zero-order valence-corrected chi connectivity index (χ0v) is 16.3. The highest BCUT2D eigenvalue weighted by Crippen LogP contribution is 2.26. The average Bonchev–Trinajstić information content (AvgIpc) is 3.41. The van der Waals surface area contributed by atoms with Crippen LogP contribution >= 0.6 is 0 Å². The van der Waals surface area contributed by atoms with E-state index in [0.717, 1.165) is 48.5 Å². The molecule has 0 unspecified atom stereocenters. The third-order valence-electron chi connectivity index (χ3n) is 5.54. The van der Waals surface area contributed by atoms with Gasteiger partial charge in [-0.15, -0.1) is 0 Å². The Morgan fingerprint density at radius 1 is 1.11 bits per heavy atom. The standard InChI is InChI=1S/C22H24N6/c1-16-10-17(2)28(25-16)20-8-9-26(15-20)13-18-11-23-22-21(12-24-27(22)14-18)19-6-4-3-5-7-19/h3-7,10-12,14,20H,8-9,13,15H2,1-2H3/t20-/m1/s1. The van der Waals surface area contributed by atoms with Crippen LogP contribution in [0.4, 0.5) is 0 Å². The zero-order valence-electron chi connectivity index (χ0n) is 16.3. The summed E-state index contributed by atoms with van der Waals surface area (Å²) in [7, 11) is 0. The minimum Gasteiger partial charge on any atom is -0.297 e. The summed E-state index contributed by atoms with van der Waals surface area (Å²) in [5, 5.41) is 9.20. The van der Waals surface area contributed by atoms with Crippen molar-refractivity contribution in [2.75, 3.05) is 13.1 Å². The highest BCUT2D eigenvalue weighted by molar-refractivity contribution is 5.76. The summed E-state index contributed by atoms with van der Waals surface area (Å²) in [5.41, 5.74) is 6.64. The monoisotopic (exact) mass is 372 g/mol. The summed E-state index contributed by atoms with van der Waals surface area (Å²) in [6.07, 6.45) is 7.12. The van der Waals surface area contributed by atoms with Crippen LogP contribution in [0, 0.1) is 13.8 Å². The molecule has 28 heavy (non-hydrogen) atoms. The van der Waals surface area contributed by atoms with Crippen LogP contribution in [0.5, 0.6) is 0 Å². The number of aryl methyl sites for hydroxylation is 2. The van der Waals surface area contributed by atoms with Crippen molar-refractivity contribution in [2.24, 2.45) is 0 Å². The van der Waals surface area contributed by atoms with E-state index in [1.165, 1.54) is 11.3 Å². The number of aromatic nitrogens is 5. The fourth-order valence-electron chi connectivity index (χ4n) is 4.25. The van der Waals surface area contributed by atoms with Gasteiger partial charge in [-0.25, -0.2) is 9.50 Å². The molecule has 6 nitrogen and oxygen atoms in total. The van der Waals surface area contributed by atoms with E-state index in [1.807, 2.05) is 35.1 Å². The fraction of sp³-hybridized carbons (Fsp3) is 0.318. The van der Waals surface area contributed by atoms with Crippen LogP contribution in [0.1, 0.15) is 29.4 Å². The third kappa shape index (κ3) is 3.10. The van der Waals surface area contributed by atoms with Crippen LogP contribution in [0.2, 0.25) is 0 Å². The van der Waals surface area contributed by atoms with Crippen molar-refractivity contribution in [1.29, 1.82) is 0 Å². The molecule has 1 atom stereocenters. The van der Waals surface area contributed by atoms with Crippen LogP contribution in [-0.4, -0.2) is 42.4 Å². The summed E-state index contributed by atoms with van der Waals surface area (Å²) in [5.74, 6) is 0. The third-order valence-corrected chi connectivity index (χ3v) is 5.54. The predicted molar refractivity (Wildman–Crippen MR) is 109 cm³/mol. The van der Waals surface area contributed by atoms with Crippen LogP contribution in [0.25, 0.3) is 16.8 Å². The number of rotatable bonds is 4. The summed E-state index contributed by atoms with van der Waals surface area (Å²) >= 11 is 0. The molecule has 3 aromatic heterocycles. The molecule has 1 saturated heterocycles. The molecular weight excluding hydrogens is 348 g/mol. The summed E-state index contributed by atoms with van der Waals surface area (Å²) < 4.78 is 4.09. The van der Waals surface area contributed by atoms with Crippen molar-refractivity contribution >= 4 is 5.65 Å². The first-order chi connectivity index (χ1) is 13.7. The molecule has 0 saturated carbocycles. The molecule has 0 radical (unpaired) electrons. The van der Waals surface area contributed by atoms with Gasteiger partial charge >= 0.3 is 0 Å². The van der Waals surface area contributed by atoms with Crippen LogP contribution < -0.4 is 0 Å². The molecule has 6 heteroatoms. The minimum atomic E-state index is 0.458. The molecule has 1 aromatic carbocycles. The van der Waals surface area contributed by atoms with Gasteiger partial charge in [-0.05, 0) is 31.9 Å². The van der Waals surface area contributed by atoms with Gasteiger partial charge in [0.25, 0.3) is 0 Å². The first-order valence-electron chi connectivity index (χ1n) is 9.80. The van der Waals surface area contributed by atoms with Gasteiger partial charge in [0.1, 0.15) is 0 Å². The number of hydrogen-bond donors (Lipinski definition) is 0. The van der Waals surface area contributed by atoms with Crippen molar-refractivity contribution in [1.82, 2.24) is 29.3 Å². The van der Waals surface area contributed by atoms with Gasteiger partial charge in [-0.2, -0.15) is 10.2 Å². The van der Waals surface area contributed by atoms with E-state index in [1.54, 1.807) is 0 Å². The topological polar surface area (TPSA) is 51.2 Å². The lowest BCUT2D eigenvalue weighted by atomic mass is 10.1. The van der Waals surface area contributed by atoms with Crippen molar-refractivity contribution in [3.05, 3.63) is 71.9 Å². The van der Waals surface area contributed by atoms with E-state index in [-0.39, 0.29) is 0 Å². The number of fused-ring (bicyclic) bond motifs is 1. The Morgan fingerprint density at radius 3 is 2.75 bits per heavy atom. The Labute approximate surface area is 164 Å². The largest absolute Gasteiger partial charge is 0.297 e. The Hall–Kier alpha value is -2.99. The Morgan fingerprint density at radius 2 is 1.96 bits per heavy atom. The van der Waals surface area contributed by atoms with Crippen molar-refractivity contribution in [3.8, 4) is 11.1 Å². The maximum atomic E-state index is 4.71. The number of likely N-dealkylation sites (tertiary alicyclic amines) is 1. The molecule has 5 rings (SSSR count). The second-order valence-electron chi connectivity index (χ2n) is 7.70. The second kappa shape index (κ2) is 6.87. The molecule has 0 amide bonds. The highest BCUT2D eigenvalue weighted by atomic mass is 15.3. The van der Waals surface area contributed by atoms with Crippen LogP contribution in [-0.2, 0) is 6.54 Å². The van der Waals surface area contributed by atoms with Crippen molar-refractivity contribution in [3.63, 3.8) is 0 Å². The first kappa shape index (κ1) is 17.1. The molecular formula is C22H24N6. The van der Waals surface area contributed by atoms with Gasteiger partial charge in [0.2, 0.25) is 0 Å². The number of benzene rings is 1. The average molecular weight is 372 g/mol. The van der Waals surface area contributed by atoms with E-state index in [0.29, 0.717) is 6.04 Å².